The number of ketones is 2. The molecule has 0 saturated heterocycles. The Balaban J connectivity index is 2.33. The third-order valence-electron chi connectivity index (χ3n) is 5.12. The lowest BCUT2D eigenvalue weighted by molar-refractivity contribution is -0.145. The lowest BCUT2D eigenvalue weighted by atomic mass is 10.1. The summed E-state index contributed by atoms with van der Waals surface area (Å²) < 4.78 is 10.6. The van der Waals surface area contributed by atoms with E-state index in [1.807, 2.05) is 13.8 Å². The fraction of sp³-hybridized carbons (Fsp3) is 0.577. The van der Waals surface area contributed by atoms with E-state index in [0.717, 1.165) is 5.56 Å². The van der Waals surface area contributed by atoms with Gasteiger partial charge in [0.2, 0.25) is 11.8 Å². The number of nitrogens with zero attached hydrogens (tertiary/aromatic N) is 2. The van der Waals surface area contributed by atoms with Gasteiger partial charge in [-0.15, -0.1) is 0 Å². The second kappa shape index (κ2) is 15.8. The first-order valence-electron chi connectivity index (χ1n) is 11.8. The summed E-state index contributed by atoms with van der Waals surface area (Å²) >= 11 is 0. The van der Waals surface area contributed by atoms with Crippen LogP contribution < -0.4 is 4.90 Å². The first kappa shape index (κ1) is 30.0. The van der Waals surface area contributed by atoms with Gasteiger partial charge in [0.15, 0.2) is 0 Å². The molecular weight excluding hydrogens is 452 g/mol. The van der Waals surface area contributed by atoms with E-state index in [-0.39, 0.29) is 54.5 Å². The summed E-state index contributed by atoms with van der Waals surface area (Å²) in [6.45, 7) is 6.66. The minimum atomic E-state index is -0.355. The zero-order valence-electron chi connectivity index (χ0n) is 21.5. The van der Waals surface area contributed by atoms with Crippen molar-refractivity contribution in [2.24, 2.45) is 5.92 Å². The number of ether oxygens (including phenoxy) is 2. The number of Topliss-reactive ketones (excluding diaryl/α,β-unsaturated/α-hetero) is 2. The average Bonchev–Trinajstić information content (AvgIpc) is 2.77. The summed E-state index contributed by atoms with van der Waals surface area (Å²) in [5.41, 5.74) is 1.36. The van der Waals surface area contributed by atoms with Gasteiger partial charge in [-0.25, -0.2) is 0 Å². The smallest absolute Gasteiger partial charge is 0.306 e. The lowest BCUT2D eigenvalue weighted by Gasteiger charge is -2.21. The van der Waals surface area contributed by atoms with Crippen molar-refractivity contribution in [1.29, 1.82) is 0 Å². The maximum absolute atomic E-state index is 12.5. The summed E-state index contributed by atoms with van der Waals surface area (Å²) in [5, 5.41) is 0. The minimum absolute atomic E-state index is 0.0886. The van der Waals surface area contributed by atoms with E-state index in [4.69, 9.17) is 9.47 Å². The summed E-state index contributed by atoms with van der Waals surface area (Å²) in [6.07, 6.45) is 0.767. The van der Waals surface area contributed by atoms with Crippen LogP contribution in [0.25, 0.3) is 0 Å². The van der Waals surface area contributed by atoms with E-state index in [9.17, 15) is 24.0 Å². The second-order valence-electron chi connectivity index (χ2n) is 8.99. The highest BCUT2D eigenvalue weighted by molar-refractivity contribution is 6.04. The number of hydrogen-bond donors (Lipinski definition) is 0. The number of carbonyl (C=O) groups is 5. The predicted molar refractivity (Wildman–Crippen MR) is 132 cm³/mol. The molecule has 2 amide bonds. The molecule has 0 aliphatic heterocycles. The third kappa shape index (κ3) is 12.8. The number of anilines is 1. The molecule has 9 nitrogen and oxygen atoms in total. The van der Waals surface area contributed by atoms with Gasteiger partial charge in [0.05, 0.1) is 19.6 Å². The topological polar surface area (TPSA) is 110 Å². The van der Waals surface area contributed by atoms with Crippen LogP contribution in [0.3, 0.4) is 0 Å². The van der Waals surface area contributed by atoms with E-state index in [2.05, 4.69) is 0 Å². The van der Waals surface area contributed by atoms with Crippen molar-refractivity contribution >= 4 is 35.0 Å². The fourth-order valence-electron chi connectivity index (χ4n) is 3.10. The van der Waals surface area contributed by atoms with Crippen LogP contribution in [-0.4, -0.2) is 74.7 Å². The Morgan fingerprint density at radius 3 is 2.14 bits per heavy atom. The molecular formula is C26H38N2O7. The Bertz CT molecular complexity index is 865. The molecule has 194 valence electrons. The number of rotatable bonds is 16. The quantitative estimate of drug-likeness (QED) is 0.199. The molecule has 0 aromatic heterocycles. The fourth-order valence-corrected chi connectivity index (χ4v) is 3.10. The van der Waals surface area contributed by atoms with Gasteiger partial charge in [-0.1, -0.05) is 26.0 Å². The van der Waals surface area contributed by atoms with Crippen molar-refractivity contribution in [3.63, 3.8) is 0 Å². The Labute approximate surface area is 207 Å². The van der Waals surface area contributed by atoms with E-state index in [0.29, 0.717) is 44.9 Å². The van der Waals surface area contributed by atoms with Crippen LogP contribution in [0.15, 0.2) is 24.3 Å². The molecule has 35 heavy (non-hydrogen) atoms. The summed E-state index contributed by atoms with van der Waals surface area (Å²) in [5.74, 6) is -0.947. The Morgan fingerprint density at radius 2 is 1.54 bits per heavy atom. The molecule has 0 spiro atoms. The largest absolute Gasteiger partial charge is 0.466 e. The normalized spacial score (nSPS) is 10.7. The van der Waals surface area contributed by atoms with E-state index >= 15 is 0 Å². The summed E-state index contributed by atoms with van der Waals surface area (Å²) in [4.78, 5) is 62.0. The molecule has 1 rings (SSSR count). The molecule has 1 aromatic carbocycles. The van der Waals surface area contributed by atoms with Gasteiger partial charge in [-0.2, -0.15) is 0 Å². The summed E-state index contributed by atoms with van der Waals surface area (Å²) in [6, 6.07) is 6.87. The number of amides is 2. The van der Waals surface area contributed by atoms with Crippen molar-refractivity contribution in [3.05, 3.63) is 29.8 Å². The van der Waals surface area contributed by atoms with Crippen molar-refractivity contribution in [3.8, 4) is 0 Å². The Hall–Kier alpha value is -3.07. The highest BCUT2D eigenvalue weighted by Crippen LogP contribution is 2.16. The molecule has 0 unspecified atom stereocenters. The predicted octanol–water partition coefficient (Wildman–Crippen LogP) is 2.58. The van der Waals surface area contributed by atoms with Crippen molar-refractivity contribution < 1.29 is 33.4 Å². The maximum atomic E-state index is 12.5. The monoisotopic (exact) mass is 490 g/mol. The van der Waals surface area contributed by atoms with Crippen molar-refractivity contribution in [2.45, 2.75) is 52.9 Å². The zero-order chi connectivity index (χ0) is 26.4. The van der Waals surface area contributed by atoms with Gasteiger partial charge in [-0.3, -0.25) is 24.0 Å². The first-order valence-corrected chi connectivity index (χ1v) is 11.8. The maximum Gasteiger partial charge on any atom is 0.306 e. The van der Waals surface area contributed by atoms with E-state index < -0.39 is 0 Å². The second-order valence-corrected chi connectivity index (χ2v) is 8.99. The van der Waals surface area contributed by atoms with Crippen LogP contribution in [-0.2, 0) is 39.9 Å². The van der Waals surface area contributed by atoms with Crippen LogP contribution in [0.1, 0.15) is 52.0 Å². The number of hydrogen-bond acceptors (Lipinski definition) is 7. The number of likely N-dealkylation sites (N-methyl/N-ethyl adjacent to an activating group) is 1. The van der Waals surface area contributed by atoms with Gasteiger partial charge >= 0.3 is 5.97 Å². The van der Waals surface area contributed by atoms with Gasteiger partial charge in [0.1, 0.15) is 18.0 Å². The first-order chi connectivity index (χ1) is 16.5. The molecule has 0 saturated carbocycles. The Kier molecular flexibility index (Phi) is 13.5. The van der Waals surface area contributed by atoms with Crippen LogP contribution in [0.2, 0.25) is 0 Å². The molecule has 0 aliphatic carbocycles. The Morgan fingerprint density at radius 1 is 0.886 bits per heavy atom. The molecule has 0 fully saturated rings. The summed E-state index contributed by atoms with van der Waals surface area (Å²) in [7, 11) is 3.20. The number of carbonyl (C=O) groups excluding carboxylic acids is 5. The highest BCUT2D eigenvalue weighted by atomic mass is 16.5. The van der Waals surface area contributed by atoms with Gasteiger partial charge in [0, 0.05) is 52.2 Å². The van der Waals surface area contributed by atoms with Gasteiger partial charge in [0.25, 0.3) is 0 Å². The molecule has 0 atom stereocenters. The SMILES string of the molecule is CC(=O)CC(=O)Cc1ccc(N(C)C(=O)CC(=O)N(C)CCOCCCOC(=O)CC(C)C)cc1. The van der Waals surface area contributed by atoms with Crippen LogP contribution in [0.5, 0.6) is 0 Å². The minimum Gasteiger partial charge on any atom is -0.466 e. The average molecular weight is 491 g/mol. The molecule has 0 radical (unpaired) electrons. The van der Waals surface area contributed by atoms with Crippen LogP contribution in [0, 0.1) is 5.92 Å². The number of benzene rings is 1. The standard InChI is InChI=1S/C26H38N2O7/c1-19(2)15-26(33)35-13-6-12-34-14-11-27(4)24(31)18-25(32)28(5)22-9-7-21(8-10-22)17-23(30)16-20(3)29/h7-10,19H,6,11-18H2,1-5H3. The molecule has 0 heterocycles. The number of esters is 1. The van der Waals surface area contributed by atoms with E-state index in [1.54, 1.807) is 38.4 Å². The highest BCUT2D eigenvalue weighted by Gasteiger charge is 2.18. The molecule has 1 aromatic rings. The lowest BCUT2D eigenvalue weighted by Crippen LogP contribution is -2.36. The van der Waals surface area contributed by atoms with Crippen LogP contribution >= 0.6 is 0 Å². The van der Waals surface area contributed by atoms with Crippen molar-refractivity contribution in [1.82, 2.24) is 4.90 Å². The molecule has 0 aliphatic rings. The van der Waals surface area contributed by atoms with Crippen molar-refractivity contribution in [2.75, 3.05) is 45.4 Å². The van der Waals surface area contributed by atoms with Crippen LogP contribution in [0.4, 0.5) is 5.69 Å². The van der Waals surface area contributed by atoms with Gasteiger partial charge in [-0.05, 0) is 30.5 Å². The van der Waals surface area contributed by atoms with Gasteiger partial charge < -0.3 is 19.3 Å². The molecule has 9 heteroatoms. The third-order valence-corrected chi connectivity index (χ3v) is 5.12. The molecule has 0 N–H and O–H groups in total. The van der Waals surface area contributed by atoms with E-state index in [1.165, 1.54) is 16.7 Å². The zero-order valence-corrected chi connectivity index (χ0v) is 21.5. The molecule has 0 bridgehead atoms.